The van der Waals surface area contributed by atoms with Crippen molar-refractivity contribution < 1.29 is 19.1 Å². The molecule has 31 heavy (non-hydrogen) atoms. The lowest BCUT2D eigenvalue weighted by Crippen LogP contribution is -2.38. The number of benzene rings is 2. The van der Waals surface area contributed by atoms with Crippen molar-refractivity contribution in [1.29, 1.82) is 0 Å². The number of halogens is 3. The maximum Gasteiger partial charge on any atom is 0.295 e. The number of ketones is 1. The van der Waals surface area contributed by atoms with Crippen LogP contribution in [-0.2, 0) is 9.59 Å². The Morgan fingerprint density at radius 1 is 1.06 bits per heavy atom. The van der Waals surface area contributed by atoms with Gasteiger partial charge in [0.2, 0.25) is 0 Å². The number of nitrogens with zero attached hydrogens (tertiary/aromatic N) is 2. The second-order valence-electron chi connectivity index (χ2n) is 7.20. The highest BCUT2D eigenvalue weighted by Crippen LogP contribution is 2.40. The van der Waals surface area contributed by atoms with Gasteiger partial charge in [-0.15, -0.1) is 0 Å². The Morgan fingerprint density at radius 2 is 1.71 bits per heavy atom. The van der Waals surface area contributed by atoms with Gasteiger partial charge in [-0.25, -0.2) is 4.39 Å². The van der Waals surface area contributed by atoms with E-state index in [1.54, 1.807) is 18.2 Å². The highest BCUT2D eigenvalue weighted by atomic mass is 35.5. The number of hydrogen-bond donors (Lipinski definition) is 1. The number of Topliss-reactive ketones (excluding diaryl/α,β-unsaturated/α-hetero) is 1. The van der Waals surface area contributed by atoms with Crippen LogP contribution in [0.4, 0.5) is 4.39 Å². The van der Waals surface area contributed by atoms with Gasteiger partial charge in [-0.3, -0.25) is 9.59 Å². The molecule has 1 fully saturated rings. The van der Waals surface area contributed by atoms with Crippen molar-refractivity contribution >= 4 is 40.7 Å². The lowest BCUT2D eigenvalue weighted by molar-refractivity contribution is -0.140. The van der Waals surface area contributed by atoms with E-state index < -0.39 is 23.5 Å². The fourth-order valence-corrected chi connectivity index (χ4v) is 4.00. The van der Waals surface area contributed by atoms with Gasteiger partial charge in [-0.1, -0.05) is 43.1 Å². The molecule has 0 spiro atoms. The largest absolute Gasteiger partial charge is 0.507 e. The van der Waals surface area contributed by atoms with E-state index in [-0.39, 0.29) is 28.5 Å². The third-order valence-electron chi connectivity index (χ3n) is 5.47. The smallest absolute Gasteiger partial charge is 0.295 e. The second kappa shape index (κ2) is 9.81. The summed E-state index contributed by atoms with van der Waals surface area (Å²) in [5.41, 5.74) is 0.736. The molecule has 2 aromatic carbocycles. The first-order valence-electron chi connectivity index (χ1n) is 10.00. The molecular weight excluding hydrogens is 442 g/mol. The number of rotatable bonds is 7. The molecule has 1 atom stereocenters. The van der Waals surface area contributed by atoms with Crippen molar-refractivity contribution in [1.82, 2.24) is 9.80 Å². The van der Waals surface area contributed by atoms with Crippen LogP contribution < -0.4 is 0 Å². The average Bonchev–Trinajstić information content (AvgIpc) is 3.01. The van der Waals surface area contributed by atoms with Gasteiger partial charge in [-0.2, -0.15) is 0 Å². The fourth-order valence-electron chi connectivity index (χ4n) is 3.69. The third kappa shape index (κ3) is 4.76. The molecule has 8 heteroatoms. The molecule has 1 aliphatic heterocycles. The Labute approximate surface area is 190 Å². The molecule has 5 nitrogen and oxygen atoms in total. The van der Waals surface area contributed by atoms with Crippen LogP contribution in [0.15, 0.2) is 48.0 Å². The number of carbonyl (C=O) groups excluding carboxylic acids is 2. The van der Waals surface area contributed by atoms with Gasteiger partial charge < -0.3 is 14.9 Å². The molecule has 1 amide bonds. The zero-order chi connectivity index (χ0) is 22.7. The summed E-state index contributed by atoms with van der Waals surface area (Å²) in [5, 5.41) is 11.5. The summed E-state index contributed by atoms with van der Waals surface area (Å²) in [6.45, 7) is 6.48. The lowest BCUT2D eigenvalue weighted by atomic mass is 9.95. The second-order valence-corrected chi connectivity index (χ2v) is 8.01. The minimum atomic E-state index is -0.838. The minimum Gasteiger partial charge on any atom is -0.507 e. The van der Waals surface area contributed by atoms with Gasteiger partial charge in [0.15, 0.2) is 0 Å². The molecule has 1 saturated heterocycles. The molecule has 0 bridgehead atoms. The fraction of sp³-hybridized carbons (Fsp3) is 0.304. The van der Waals surface area contributed by atoms with E-state index in [0.717, 1.165) is 13.1 Å². The van der Waals surface area contributed by atoms with E-state index in [0.29, 0.717) is 17.1 Å². The molecule has 1 N–H and O–H groups in total. The Kier molecular flexibility index (Phi) is 7.36. The monoisotopic (exact) mass is 464 g/mol. The van der Waals surface area contributed by atoms with Crippen LogP contribution in [0.1, 0.15) is 31.0 Å². The first-order valence-corrected chi connectivity index (χ1v) is 10.8. The zero-order valence-electron chi connectivity index (χ0n) is 17.2. The topological polar surface area (TPSA) is 60.9 Å². The number of likely N-dealkylation sites (tertiary alicyclic amines) is 1. The molecule has 0 radical (unpaired) electrons. The molecule has 164 valence electrons. The molecule has 3 rings (SSSR count). The zero-order valence-corrected chi connectivity index (χ0v) is 18.8. The van der Waals surface area contributed by atoms with Crippen molar-refractivity contribution in [3.8, 4) is 0 Å². The maximum atomic E-state index is 13.3. The highest BCUT2D eigenvalue weighted by molar-refractivity contribution is 6.46. The third-order valence-corrected chi connectivity index (χ3v) is 6.21. The Balaban J connectivity index is 2.12. The van der Waals surface area contributed by atoms with E-state index >= 15 is 0 Å². The summed E-state index contributed by atoms with van der Waals surface area (Å²) in [6, 6.07) is 9.09. The summed E-state index contributed by atoms with van der Waals surface area (Å²) in [7, 11) is 0. The number of amides is 1. The summed E-state index contributed by atoms with van der Waals surface area (Å²) < 4.78 is 13.3. The van der Waals surface area contributed by atoms with E-state index in [4.69, 9.17) is 23.2 Å². The highest BCUT2D eigenvalue weighted by Gasteiger charge is 2.46. The normalized spacial score (nSPS) is 18.3. The van der Waals surface area contributed by atoms with Crippen molar-refractivity contribution in [2.75, 3.05) is 26.2 Å². The molecule has 0 saturated carbocycles. The van der Waals surface area contributed by atoms with Crippen LogP contribution in [0.2, 0.25) is 10.0 Å². The predicted octanol–water partition coefficient (Wildman–Crippen LogP) is 4.90. The molecule has 2 aromatic rings. The maximum absolute atomic E-state index is 13.3. The van der Waals surface area contributed by atoms with Crippen molar-refractivity contribution in [3.63, 3.8) is 0 Å². The van der Waals surface area contributed by atoms with E-state index in [1.165, 1.54) is 29.2 Å². The summed E-state index contributed by atoms with van der Waals surface area (Å²) in [6.07, 6.45) is 0. The number of aliphatic hydroxyl groups excluding tert-OH is 1. The van der Waals surface area contributed by atoms with Crippen LogP contribution in [0.3, 0.4) is 0 Å². The van der Waals surface area contributed by atoms with Gasteiger partial charge in [0.25, 0.3) is 11.7 Å². The van der Waals surface area contributed by atoms with Crippen LogP contribution in [0.5, 0.6) is 0 Å². The summed E-state index contributed by atoms with van der Waals surface area (Å²) in [5.74, 6) is -2.33. The standard InChI is InChI=1S/C23H23Cl2FN2O3/c1-3-27(4-2)11-12-28-20(15-7-10-17(24)18(25)13-15)19(22(30)23(28)31)21(29)14-5-8-16(26)9-6-14/h5-10,13,20,29H,3-4,11-12H2,1-2H3/t20-/m0/s1. The van der Waals surface area contributed by atoms with Crippen molar-refractivity contribution in [2.45, 2.75) is 19.9 Å². The van der Waals surface area contributed by atoms with E-state index in [1.807, 2.05) is 13.8 Å². The van der Waals surface area contributed by atoms with Gasteiger partial charge in [0, 0.05) is 18.7 Å². The van der Waals surface area contributed by atoms with Crippen molar-refractivity contribution in [2.24, 2.45) is 0 Å². The molecule has 0 aromatic heterocycles. The lowest BCUT2D eigenvalue weighted by Gasteiger charge is -2.28. The van der Waals surface area contributed by atoms with Gasteiger partial charge in [-0.05, 0) is 55.1 Å². The first kappa shape index (κ1) is 23.3. The summed E-state index contributed by atoms with van der Waals surface area (Å²) in [4.78, 5) is 29.5. The van der Waals surface area contributed by atoms with Crippen molar-refractivity contribution in [3.05, 3.63) is 75.0 Å². The molecule has 1 heterocycles. The van der Waals surface area contributed by atoms with Crippen LogP contribution in [0, 0.1) is 5.82 Å². The van der Waals surface area contributed by atoms with Gasteiger partial charge in [0.05, 0.1) is 21.7 Å². The number of likely N-dealkylation sites (N-methyl/N-ethyl adjacent to an activating group) is 1. The van der Waals surface area contributed by atoms with Crippen LogP contribution in [-0.4, -0.2) is 52.8 Å². The Hall–Kier alpha value is -2.41. The first-order chi connectivity index (χ1) is 14.8. The number of carbonyl (C=O) groups is 2. The number of hydrogen-bond acceptors (Lipinski definition) is 4. The van der Waals surface area contributed by atoms with E-state index in [2.05, 4.69) is 4.90 Å². The van der Waals surface area contributed by atoms with Gasteiger partial charge >= 0.3 is 0 Å². The van der Waals surface area contributed by atoms with E-state index in [9.17, 15) is 19.1 Å². The molecule has 0 unspecified atom stereocenters. The SMILES string of the molecule is CCN(CC)CCN1C(=O)C(=O)C(=C(O)c2ccc(F)cc2)[C@@H]1c1ccc(Cl)c(Cl)c1. The number of aliphatic hydroxyl groups is 1. The molecule has 0 aliphatic carbocycles. The Morgan fingerprint density at radius 3 is 2.29 bits per heavy atom. The van der Waals surface area contributed by atoms with Gasteiger partial charge in [0.1, 0.15) is 11.6 Å². The average molecular weight is 465 g/mol. The Bertz CT molecular complexity index is 1020. The van der Waals surface area contributed by atoms with Crippen LogP contribution in [0.25, 0.3) is 5.76 Å². The predicted molar refractivity (Wildman–Crippen MR) is 120 cm³/mol. The molecule has 1 aliphatic rings. The summed E-state index contributed by atoms with van der Waals surface area (Å²) >= 11 is 12.2. The van der Waals surface area contributed by atoms with Crippen LogP contribution >= 0.6 is 23.2 Å². The molecular formula is C23H23Cl2FN2O3. The minimum absolute atomic E-state index is 0.0606. The quantitative estimate of drug-likeness (QED) is 0.359.